The summed E-state index contributed by atoms with van der Waals surface area (Å²) in [5.74, 6) is -1.87. The summed E-state index contributed by atoms with van der Waals surface area (Å²) in [7, 11) is 0. The van der Waals surface area contributed by atoms with Gasteiger partial charge in [-0.25, -0.2) is 8.78 Å². The second-order valence-corrected chi connectivity index (χ2v) is 8.16. The first kappa shape index (κ1) is 23.7. The number of nitrogens with one attached hydrogen (secondary N) is 1. The third kappa shape index (κ3) is 5.10. The molecule has 31 heavy (non-hydrogen) atoms. The first-order valence-electron chi connectivity index (χ1n) is 9.26. The first-order valence-corrected chi connectivity index (χ1v) is 10.0. The topological polar surface area (TPSA) is 62.2 Å². The molecule has 1 heterocycles. The van der Waals surface area contributed by atoms with Gasteiger partial charge in [0.05, 0.1) is 27.3 Å². The largest absolute Gasteiger partial charge is 0.433 e. The molecule has 3 rings (SSSR count). The van der Waals surface area contributed by atoms with Gasteiger partial charge in [-0.1, -0.05) is 35.3 Å². The maximum Gasteiger partial charge on any atom is 0.433 e. The highest BCUT2D eigenvalue weighted by Gasteiger charge is 2.43. The van der Waals surface area contributed by atoms with Crippen molar-refractivity contribution in [2.45, 2.75) is 49.7 Å². The zero-order chi connectivity index (χ0) is 23.0. The van der Waals surface area contributed by atoms with Gasteiger partial charge in [-0.15, -0.1) is 0 Å². The number of aliphatic hydroxyl groups is 1. The van der Waals surface area contributed by atoms with Crippen LogP contribution < -0.4 is 5.32 Å². The molecule has 1 saturated carbocycles. The number of rotatable bonds is 4. The molecule has 0 saturated heterocycles. The van der Waals surface area contributed by atoms with Crippen molar-refractivity contribution < 1.29 is 31.9 Å². The average Bonchev–Trinajstić information content (AvgIpc) is 2.70. The van der Waals surface area contributed by atoms with E-state index < -0.39 is 47.0 Å². The lowest BCUT2D eigenvalue weighted by molar-refractivity contribution is -0.141. The van der Waals surface area contributed by atoms with Crippen LogP contribution in [-0.4, -0.2) is 27.8 Å². The van der Waals surface area contributed by atoms with Crippen molar-refractivity contribution in [2.75, 3.05) is 0 Å². The molecule has 1 aliphatic rings. The Hall–Kier alpha value is -1.97. The molecule has 1 aromatic carbocycles. The minimum absolute atomic E-state index is 0.00988. The zero-order valence-electron chi connectivity index (χ0n) is 15.8. The standard InChI is InChI=1S/C20H17Cl2F5N2O2/c21-13-9-28-15(20(25,26)27)8-12(13)18(30)29-17(11-2-1-3-14(24)16(11)22)19(31)6-4-10(23)5-7-19/h1-3,8-10,17,31H,4-7H2,(H,29,30)/t10-,17?,19-. The number of carbonyl (C=O) groups excluding carboxylic acids is 1. The quantitative estimate of drug-likeness (QED) is 0.552. The number of alkyl halides is 4. The lowest BCUT2D eigenvalue weighted by Crippen LogP contribution is -2.48. The van der Waals surface area contributed by atoms with Gasteiger partial charge in [0.15, 0.2) is 0 Å². The highest BCUT2D eigenvalue weighted by atomic mass is 35.5. The predicted octanol–water partition coefficient (Wildman–Crippen LogP) is 5.66. The Morgan fingerprint density at radius 1 is 1.26 bits per heavy atom. The maximum atomic E-state index is 14.1. The second kappa shape index (κ2) is 8.88. The summed E-state index contributed by atoms with van der Waals surface area (Å²) in [5.41, 5.74) is -3.57. The van der Waals surface area contributed by atoms with Crippen LogP contribution in [-0.2, 0) is 6.18 Å². The Labute approximate surface area is 184 Å². The van der Waals surface area contributed by atoms with Gasteiger partial charge in [0.25, 0.3) is 5.91 Å². The van der Waals surface area contributed by atoms with E-state index in [2.05, 4.69) is 10.3 Å². The van der Waals surface area contributed by atoms with Crippen LogP contribution >= 0.6 is 23.2 Å². The molecule has 0 spiro atoms. The second-order valence-electron chi connectivity index (χ2n) is 7.37. The normalized spacial score (nSPS) is 22.8. The van der Waals surface area contributed by atoms with Crippen LogP contribution in [0, 0.1) is 5.82 Å². The van der Waals surface area contributed by atoms with Gasteiger partial charge < -0.3 is 10.4 Å². The summed E-state index contributed by atoms with van der Waals surface area (Å²) in [6.45, 7) is 0. The van der Waals surface area contributed by atoms with Gasteiger partial charge in [0, 0.05) is 6.20 Å². The summed E-state index contributed by atoms with van der Waals surface area (Å²) in [6.07, 6.45) is -5.46. The van der Waals surface area contributed by atoms with E-state index in [-0.39, 0.29) is 41.3 Å². The summed E-state index contributed by atoms with van der Waals surface area (Å²) in [6, 6.07) is 2.90. The van der Waals surface area contributed by atoms with Gasteiger partial charge in [0.2, 0.25) is 0 Å². The number of amides is 1. The van der Waals surface area contributed by atoms with E-state index in [9.17, 15) is 31.9 Å². The lowest BCUT2D eigenvalue weighted by atomic mass is 9.76. The van der Waals surface area contributed by atoms with Crippen molar-refractivity contribution in [3.05, 3.63) is 63.1 Å². The van der Waals surface area contributed by atoms with E-state index in [1.807, 2.05) is 0 Å². The van der Waals surface area contributed by atoms with E-state index in [0.29, 0.717) is 12.3 Å². The molecule has 0 radical (unpaired) electrons. The molecule has 2 N–H and O–H groups in total. The highest BCUT2D eigenvalue weighted by Crippen LogP contribution is 2.42. The summed E-state index contributed by atoms with van der Waals surface area (Å²) >= 11 is 11.9. The van der Waals surface area contributed by atoms with E-state index in [0.717, 1.165) is 6.07 Å². The lowest BCUT2D eigenvalue weighted by Gasteiger charge is -2.41. The number of benzene rings is 1. The van der Waals surface area contributed by atoms with Crippen LogP contribution in [0.25, 0.3) is 0 Å². The molecule has 0 bridgehead atoms. The molecule has 0 aliphatic heterocycles. The Morgan fingerprint density at radius 3 is 2.52 bits per heavy atom. The molecule has 11 heteroatoms. The van der Waals surface area contributed by atoms with Gasteiger partial charge in [-0.05, 0) is 43.4 Å². The third-order valence-electron chi connectivity index (χ3n) is 5.28. The number of hydrogen-bond donors (Lipinski definition) is 2. The van der Waals surface area contributed by atoms with E-state index in [1.54, 1.807) is 0 Å². The SMILES string of the molecule is O=C(NC(c1cccc(F)c1Cl)[C@]1(O)CC[C@H](F)CC1)c1cc(C(F)(F)F)ncc1Cl. The third-order valence-corrected chi connectivity index (χ3v) is 5.98. The number of hydrogen-bond acceptors (Lipinski definition) is 3. The predicted molar refractivity (Wildman–Crippen MR) is 104 cm³/mol. The molecule has 1 aliphatic carbocycles. The van der Waals surface area contributed by atoms with Crippen molar-refractivity contribution in [2.24, 2.45) is 0 Å². The van der Waals surface area contributed by atoms with Crippen molar-refractivity contribution >= 4 is 29.1 Å². The zero-order valence-corrected chi connectivity index (χ0v) is 17.3. The number of pyridine rings is 1. The number of nitrogens with zero attached hydrogens (tertiary/aromatic N) is 1. The van der Waals surface area contributed by atoms with Crippen molar-refractivity contribution in [1.29, 1.82) is 0 Å². The maximum absolute atomic E-state index is 14.1. The Balaban J connectivity index is 2.01. The fourth-order valence-electron chi connectivity index (χ4n) is 3.59. The minimum atomic E-state index is -4.82. The molecule has 1 aromatic heterocycles. The molecule has 1 atom stereocenters. The van der Waals surface area contributed by atoms with E-state index >= 15 is 0 Å². The van der Waals surface area contributed by atoms with Crippen LogP contribution in [0.3, 0.4) is 0 Å². The molecular formula is C20H17Cl2F5N2O2. The van der Waals surface area contributed by atoms with Gasteiger partial charge in [-0.2, -0.15) is 13.2 Å². The van der Waals surface area contributed by atoms with Gasteiger partial charge in [-0.3, -0.25) is 9.78 Å². The number of aromatic nitrogens is 1. The van der Waals surface area contributed by atoms with Crippen molar-refractivity contribution in [3.8, 4) is 0 Å². The van der Waals surface area contributed by atoms with Crippen LogP contribution in [0.5, 0.6) is 0 Å². The Bertz CT molecular complexity index is 979. The van der Waals surface area contributed by atoms with Crippen molar-refractivity contribution in [3.63, 3.8) is 0 Å². The van der Waals surface area contributed by atoms with E-state index in [1.165, 1.54) is 12.1 Å². The van der Waals surface area contributed by atoms with Crippen LogP contribution in [0.2, 0.25) is 10.0 Å². The fraction of sp³-hybridized carbons (Fsp3) is 0.400. The number of carbonyl (C=O) groups is 1. The molecule has 1 unspecified atom stereocenters. The molecule has 2 aromatic rings. The monoisotopic (exact) mass is 482 g/mol. The summed E-state index contributed by atoms with van der Waals surface area (Å²) in [5, 5.41) is 12.9. The molecule has 1 fully saturated rings. The minimum Gasteiger partial charge on any atom is -0.387 e. The first-order chi connectivity index (χ1) is 14.4. The van der Waals surface area contributed by atoms with Crippen molar-refractivity contribution in [1.82, 2.24) is 10.3 Å². The Kier molecular flexibility index (Phi) is 6.78. The summed E-state index contributed by atoms with van der Waals surface area (Å²) in [4.78, 5) is 16.0. The van der Waals surface area contributed by atoms with Gasteiger partial charge >= 0.3 is 6.18 Å². The van der Waals surface area contributed by atoms with Gasteiger partial charge in [0.1, 0.15) is 17.7 Å². The fourth-order valence-corrected chi connectivity index (χ4v) is 4.02. The smallest absolute Gasteiger partial charge is 0.387 e. The average molecular weight is 483 g/mol. The highest BCUT2D eigenvalue weighted by molar-refractivity contribution is 6.33. The summed E-state index contributed by atoms with van der Waals surface area (Å²) < 4.78 is 66.7. The van der Waals surface area contributed by atoms with Crippen LogP contribution in [0.15, 0.2) is 30.5 Å². The van der Waals surface area contributed by atoms with Crippen LogP contribution in [0.1, 0.15) is 53.3 Å². The Morgan fingerprint density at radius 2 is 1.90 bits per heavy atom. The molecular weight excluding hydrogens is 466 g/mol. The van der Waals surface area contributed by atoms with E-state index in [4.69, 9.17) is 23.2 Å². The molecule has 168 valence electrons. The van der Waals surface area contributed by atoms with Crippen LogP contribution in [0.4, 0.5) is 22.0 Å². The number of halogens is 7. The molecule has 1 amide bonds. The molecule has 4 nitrogen and oxygen atoms in total.